The molecule has 0 spiro atoms. The quantitative estimate of drug-likeness (QED) is 0.322. The van der Waals surface area contributed by atoms with Crippen LogP contribution in [0.4, 0.5) is 14.5 Å². The van der Waals surface area contributed by atoms with E-state index in [4.69, 9.17) is 0 Å². The maximum absolute atomic E-state index is 14.2. The molecule has 0 bridgehead atoms. The molecule has 0 saturated carbocycles. The summed E-state index contributed by atoms with van der Waals surface area (Å²) < 4.78 is 28.0. The van der Waals surface area contributed by atoms with Gasteiger partial charge in [0.1, 0.15) is 0 Å². The van der Waals surface area contributed by atoms with Crippen molar-refractivity contribution in [1.29, 1.82) is 0 Å². The largest absolute Gasteiger partial charge is 0.481 e. The summed E-state index contributed by atoms with van der Waals surface area (Å²) >= 11 is 0. The fourth-order valence-electron chi connectivity index (χ4n) is 5.59. The van der Waals surface area contributed by atoms with E-state index in [-0.39, 0.29) is 19.0 Å². The highest BCUT2D eigenvalue weighted by Crippen LogP contribution is 2.46. The molecule has 1 fully saturated rings. The number of nitrogens with zero attached hydrogens (tertiary/aromatic N) is 2. The molecule has 3 atom stereocenters. The van der Waals surface area contributed by atoms with Gasteiger partial charge in [-0.3, -0.25) is 14.5 Å². The van der Waals surface area contributed by atoms with Crippen molar-refractivity contribution in [2.45, 2.75) is 52.0 Å². The zero-order valence-corrected chi connectivity index (χ0v) is 22.7. The molecule has 1 aliphatic rings. The lowest BCUT2D eigenvalue weighted by Crippen LogP contribution is -2.41. The molecular formula is C32H36F2N2O3. The maximum atomic E-state index is 14.2. The molecule has 0 radical (unpaired) electrons. The van der Waals surface area contributed by atoms with Crippen LogP contribution >= 0.6 is 0 Å². The van der Waals surface area contributed by atoms with Crippen molar-refractivity contribution in [2.75, 3.05) is 24.5 Å². The number of aryl methyl sites for hydroxylation is 2. The molecule has 1 N–H and O–H groups in total. The Bertz CT molecular complexity index is 1310. The number of amides is 1. The van der Waals surface area contributed by atoms with E-state index in [1.165, 1.54) is 6.07 Å². The van der Waals surface area contributed by atoms with Gasteiger partial charge in [-0.05, 0) is 66.3 Å². The number of aliphatic carboxylic acids is 1. The van der Waals surface area contributed by atoms with Gasteiger partial charge in [-0.25, -0.2) is 8.78 Å². The third kappa shape index (κ3) is 6.36. The van der Waals surface area contributed by atoms with Crippen LogP contribution in [0.1, 0.15) is 60.9 Å². The van der Waals surface area contributed by atoms with Gasteiger partial charge in [0.15, 0.2) is 11.6 Å². The van der Waals surface area contributed by atoms with Crippen LogP contribution in [-0.2, 0) is 16.0 Å². The number of rotatable bonds is 10. The molecule has 4 rings (SSSR count). The Morgan fingerprint density at radius 1 is 0.974 bits per heavy atom. The van der Waals surface area contributed by atoms with Gasteiger partial charge in [0.25, 0.3) is 0 Å². The van der Waals surface area contributed by atoms with Crippen LogP contribution in [0, 0.1) is 24.5 Å². The lowest BCUT2D eigenvalue weighted by molar-refractivity contribution is -0.143. The topological polar surface area (TPSA) is 60.9 Å². The second-order valence-electron chi connectivity index (χ2n) is 10.4. The Hall–Kier alpha value is -3.58. The molecule has 0 aliphatic carbocycles. The molecule has 7 heteroatoms. The Morgan fingerprint density at radius 2 is 1.69 bits per heavy atom. The van der Waals surface area contributed by atoms with Crippen LogP contribution in [0.3, 0.4) is 0 Å². The summed E-state index contributed by atoms with van der Waals surface area (Å²) in [4.78, 5) is 30.2. The highest BCUT2D eigenvalue weighted by molar-refractivity contribution is 5.95. The van der Waals surface area contributed by atoms with Crippen molar-refractivity contribution in [3.63, 3.8) is 0 Å². The molecule has 206 valence electrons. The molecule has 1 amide bonds. The number of carboxylic acid groups (broad SMARTS) is 1. The fraction of sp³-hybridized carbons (Fsp3) is 0.375. The molecular weight excluding hydrogens is 498 g/mol. The van der Waals surface area contributed by atoms with Gasteiger partial charge < -0.3 is 10.0 Å². The van der Waals surface area contributed by atoms with Gasteiger partial charge in [-0.15, -0.1) is 0 Å². The van der Waals surface area contributed by atoms with E-state index in [1.54, 1.807) is 4.90 Å². The highest BCUT2D eigenvalue weighted by Gasteiger charge is 2.48. The van der Waals surface area contributed by atoms with Crippen LogP contribution in [0.15, 0.2) is 66.7 Å². The third-order valence-electron chi connectivity index (χ3n) is 7.67. The van der Waals surface area contributed by atoms with Crippen molar-refractivity contribution in [3.8, 4) is 0 Å². The standard InChI is InChI=1S/C32H36F2N2O3/c1-4-6-16-36(25-9-7-8-21(3)17-25)29(37)20-35-19-26(24-14-15-27(33)28(34)18-24)30(32(38)39)31(35)23-12-10-22(5-2)11-13-23/h7-15,17-18,26,30-31H,4-6,16,19-20H2,1-3H3,(H,38,39). The number of likely N-dealkylation sites (tertiary alicyclic amines) is 1. The first-order valence-electron chi connectivity index (χ1n) is 13.6. The number of anilines is 1. The van der Waals surface area contributed by atoms with Crippen LogP contribution in [0.25, 0.3) is 0 Å². The normalized spacial score (nSPS) is 19.3. The summed E-state index contributed by atoms with van der Waals surface area (Å²) in [5, 5.41) is 10.4. The fourth-order valence-corrected chi connectivity index (χ4v) is 5.59. The summed E-state index contributed by atoms with van der Waals surface area (Å²) in [6.45, 7) is 6.87. The Morgan fingerprint density at radius 3 is 2.31 bits per heavy atom. The van der Waals surface area contributed by atoms with Crippen molar-refractivity contribution < 1.29 is 23.5 Å². The van der Waals surface area contributed by atoms with Crippen LogP contribution < -0.4 is 4.90 Å². The number of benzene rings is 3. The third-order valence-corrected chi connectivity index (χ3v) is 7.67. The minimum absolute atomic E-state index is 0.00179. The summed E-state index contributed by atoms with van der Waals surface area (Å²) in [5.74, 6) is -4.72. The van der Waals surface area contributed by atoms with Gasteiger partial charge in [-0.2, -0.15) is 0 Å². The number of halogens is 2. The summed E-state index contributed by atoms with van der Waals surface area (Å²) in [5.41, 5.74) is 4.17. The zero-order chi connectivity index (χ0) is 28.1. The molecule has 3 unspecified atom stereocenters. The van der Waals surface area contributed by atoms with Crippen LogP contribution in [0.5, 0.6) is 0 Å². The van der Waals surface area contributed by atoms with E-state index in [0.717, 1.165) is 53.8 Å². The van der Waals surface area contributed by atoms with Crippen molar-refractivity contribution in [1.82, 2.24) is 4.90 Å². The predicted molar refractivity (Wildman–Crippen MR) is 149 cm³/mol. The maximum Gasteiger partial charge on any atom is 0.309 e. The van der Waals surface area contributed by atoms with Crippen molar-refractivity contribution in [3.05, 3.63) is 101 Å². The lowest BCUT2D eigenvalue weighted by Gasteiger charge is -2.30. The SMILES string of the molecule is CCCCN(C(=O)CN1CC(c2ccc(F)c(F)c2)C(C(=O)O)C1c1ccc(CC)cc1)c1cccc(C)c1. The number of carbonyl (C=O) groups excluding carboxylic acids is 1. The Labute approximate surface area is 229 Å². The average Bonchev–Trinajstić information content (AvgIpc) is 3.30. The van der Waals surface area contributed by atoms with Gasteiger partial charge in [0, 0.05) is 30.7 Å². The van der Waals surface area contributed by atoms with E-state index in [2.05, 4.69) is 6.92 Å². The van der Waals surface area contributed by atoms with Gasteiger partial charge in [0.2, 0.25) is 5.91 Å². The highest BCUT2D eigenvalue weighted by atomic mass is 19.2. The first-order chi connectivity index (χ1) is 18.7. The number of unbranched alkanes of at least 4 members (excludes halogenated alkanes) is 1. The van der Waals surface area contributed by atoms with Gasteiger partial charge in [0.05, 0.1) is 12.5 Å². The summed E-state index contributed by atoms with van der Waals surface area (Å²) in [7, 11) is 0. The molecule has 1 saturated heterocycles. The minimum atomic E-state index is -1.04. The summed E-state index contributed by atoms with van der Waals surface area (Å²) in [6, 6.07) is 18.5. The number of hydrogen-bond donors (Lipinski definition) is 1. The Balaban J connectivity index is 1.73. The van der Waals surface area contributed by atoms with E-state index < -0.39 is 35.5 Å². The van der Waals surface area contributed by atoms with E-state index in [1.807, 2.05) is 67.3 Å². The van der Waals surface area contributed by atoms with E-state index >= 15 is 0 Å². The summed E-state index contributed by atoms with van der Waals surface area (Å²) in [6.07, 6.45) is 2.59. The first-order valence-corrected chi connectivity index (χ1v) is 13.6. The number of hydrogen-bond acceptors (Lipinski definition) is 3. The van der Waals surface area contributed by atoms with E-state index in [9.17, 15) is 23.5 Å². The minimum Gasteiger partial charge on any atom is -0.481 e. The molecule has 39 heavy (non-hydrogen) atoms. The second kappa shape index (κ2) is 12.5. The molecule has 3 aromatic carbocycles. The number of carboxylic acids is 1. The van der Waals surface area contributed by atoms with Gasteiger partial charge >= 0.3 is 5.97 Å². The lowest BCUT2D eigenvalue weighted by atomic mass is 9.82. The zero-order valence-electron chi connectivity index (χ0n) is 22.7. The molecule has 1 aliphatic heterocycles. The molecule has 5 nitrogen and oxygen atoms in total. The molecule has 1 heterocycles. The smallest absolute Gasteiger partial charge is 0.309 e. The van der Waals surface area contributed by atoms with Gasteiger partial charge in [-0.1, -0.05) is 62.7 Å². The first kappa shape index (κ1) is 28.4. The average molecular weight is 535 g/mol. The van der Waals surface area contributed by atoms with Crippen LogP contribution in [0.2, 0.25) is 0 Å². The molecule has 0 aromatic heterocycles. The van der Waals surface area contributed by atoms with Crippen molar-refractivity contribution >= 4 is 17.6 Å². The number of carbonyl (C=O) groups is 2. The second-order valence-corrected chi connectivity index (χ2v) is 10.4. The molecule has 3 aromatic rings. The monoisotopic (exact) mass is 534 g/mol. The Kier molecular flexibility index (Phi) is 9.12. The van der Waals surface area contributed by atoms with Crippen LogP contribution in [-0.4, -0.2) is 41.5 Å². The van der Waals surface area contributed by atoms with Crippen molar-refractivity contribution in [2.24, 2.45) is 5.92 Å². The predicted octanol–water partition coefficient (Wildman–Crippen LogP) is 6.51. The van der Waals surface area contributed by atoms with E-state index in [0.29, 0.717) is 12.1 Å².